The minimum Gasteiger partial charge on any atom is -0.507 e. The number of aromatic hydroxyl groups is 1. The van der Waals surface area contributed by atoms with Gasteiger partial charge in [-0.2, -0.15) is 4.90 Å². The van der Waals surface area contributed by atoms with Crippen LogP contribution in [0, 0.1) is 17.8 Å². The van der Waals surface area contributed by atoms with Gasteiger partial charge in [0.05, 0.1) is 30.5 Å². The van der Waals surface area contributed by atoms with Gasteiger partial charge in [0.1, 0.15) is 11.5 Å². The summed E-state index contributed by atoms with van der Waals surface area (Å²) in [5, 5.41) is 10.8. The lowest BCUT2D eigenvalue weighted by Gasteiger charge is -2.42. The van der Waals surface area contributed by atoms with E-state index in [2.05, 4.69) is 20.7 Å². The van der Waals surface area contributed by atoms with E-state index in [-0.39, 0.29) is 34.2 Å². The van der Waals surface area contributed by atoms with Crippen LogP contribution in [0.15, 0.2) is 51.6 Å². The number of nitrogens with zero attached hydrogens (tertiary/aromatic N) is 1. The number of fused-ring (bicyclic) bond motifs is 3. The van der Waals surface area contributed by atoms with Crippen LogP contribution in [0.4, 0.5) is 4.79 Å². The van der Waals surface area contributed by atoms with Crippen molar-refractivity contribution in [1.29, 1.82) is 0 Å². The zero-order chi connectivity index (χ0) is 25.2. The van der Waals surface area contributed by atoms with Gasteiger partial charge in [-0.1, -0.05) is 17.7 Å². The van der Waals surface area contributed by atoms with Crippen LogP contribution >= 0.6 is 15.9 Å². The van der Waals surface area contributed by atoms with E-state index in [9.17, 15) is 29.1 Å². The molecule has 1 N–H and O–H groups in total. The summed E-state index contributed by atoms with van der Waals surface area (Å²) in [6.07, 6.45) is 2.13. The van der Waals surface area contributed by atoms with E-state index < -0.39 is 53.1 Å². The van der Waals surface area contributed by atoms with E-state index in [4.69, 9.17) is 4.74 Å². The second kappa shape index (κ2) is 8.30. The highest BCUT2D eigenvalue weighted by Crippen LogP contribution is 2.57. The van der Waals surface area contributed by atoms with Crippen molar-refractivity contribution in [2.24, 2.45) is 17.8 Å². The first-order valence-corrected chi connectivity index (χ1v) is 11.7. The molecule has 0 bridgehead atoms. The Hall–Kier alpha value is -3.53. The fourth-order valence-corrected chi connectivity index (χ4v) is 6.26. The average molecular weight is 542 g/mol. The van der Waals surface area contributed by atoms with Crippen LogP contribution in [0.25, 0.3) is 0 Å². The molecule has 4 aliphatic rings. The molecule has 35 heavy (non-hydrogen) atoms. The summed E-state index contributed by atoms with van der Waals surface area (Å²) in [5.74, 6) is -5.19. The van der Waals surface area contributed by atoms with Gasteiger partial charge in [0.25, 0.3) is 0 Å². The molecule has 5 rings (SSSR count). The van der Waals surface area contributed by atoms with Crippen molar-refractivity contribution in [2.75, 3.05) is 14.2 Å². The standard InChI is InChI=1S/C25H20BrNO8/c1-34-17-5-3-4-15(28)21(17)20-10-6-7-11-18(24(32)27(23(11)31)25(33)35-2)12(10)8-13-19(20)16(29)9-14(26)22(13)30/h3-6,9,11-12,18,20,28H,7-8H2,1-2H3/t11-,12+,18-,20-/m0/s1. The molecular formula is C25H20BrNO8. The molecule has 1 fully saturated rings. The third-order valence-electron chi connectivity index (χ3n) is 7.24. The zero-order valence-electron chi connectivity index (χ0n) is 18.7. The number of imide groups is 3. The van der Waals surface area contributed by atoms with Crippen LogP contribution in [0.2, 0.25) is 0 Å². The molecule has 3 aliphatic carbocycles. The number of phenolic OH excluding ortho intramolecular Hbond substituents is 1. The van der Waals surface area contributed by atoms with Crippen LogP contribution in [0.3, 0.4) is 0 Å². The van der Waals surface area contributed by atoms with Crippen molar-refractivity contribution < 1.29 is 38.6 Å². The van der Waals surface area contributed by atoms with Gasteiger partial charge < -0.3 is 14.6 Å². The van der Waals surface area contributed by atoms with E-state index in [1.807, 2.05) is 0 Å². The van der Waals surface area contributed by atoms with Crippen LogP contribution in [-0.2, 0) is 23.9 Å². The van der Waals surface area contributed by atoms with Crippen LogP contribution < -0.4 is 4.74 Å². The molecule has 4 atom stereocenters. The topological polar surface area (TPSA) is 127 Å². The zero-order valence-corrected chi connectivity index (χ0v) is 20.3. The summed E-state index contributed by atoms with van der Waals surface area (Å²) in [6.45, 7) is 0. The predicted octanol–water partition coefficient (Wildman–Crippen LogP) is 2.93. The number of phenols is 1. The van der Waals surface area contributed by atoms with Crippen LogP contribution in [0.1, 0.15) is 24.3 Å². The van der Waals surface area contributed by atoms with E-state index in [1.165, 1.54) is 19.3 Å². The third-order valence-corrected chi connectivity index (χ3v) is 7.83. The Morgan fingerprint density at radius 1 is 1.11 bits per heavy atom. The number of benzene rings is 1. The van der Waals surface area contributed by atoms with Crippen molar-refractivity contribution in [3.8, 4) is 11.5 Å². The van der Waals surface area contributed by atoms with Gasteiger partial charge in [-0.3, -0.25) is 19.2 Å². The Morgan fingerprint density at radius 3 is 2.54 bits per heavy atom. The number of halogens is 1. The number of ether oxygens (including phenoxy) is 2. The lowest BCUT2D eigenvalue weighted by molar-refractivity contribution is -0.137. The number of likely N-dealkylation sites (tertiary alicyclic amines) is 1. The predicted molar refractivity (Wildman–Crippen MR) is 123 cm³/mol. The fourth-order valence-electron chi connectivity index (χ4n) is 5.81. The van der Waals surface area contributed by atoms with Gasteiger partial charge in [0.2, 0.25) is 11.8 Å². The maximum Gasteiger partial charge on any atom is 0.423 e. The molecule has 9 nitrogen and oxygen atoms in total. The molecule has 1 aromatic rings. The molecule has 1 aromatic carbocycles. The number of Topliss-reactive ketones (excluding diaryl/α,β-unsaturated/α-hetero) is 1. The largest absolute Gasteiger partial charge is 0.507 e. The Bertz CT molecular complexity index is 1320. The van der Waals surface area contributed by atoms with E-state index in [0.717, 1.165) is 7.11 Å². The summed E-state index contributed by atoms with van der Waals surface area (Å²) >= 11 is 3.16. The van der Waals surface area contributed by atoms with Crippen LogP contribution in [-0.4, -0.2) is 53.7 Å². The van der Waals surface area contributed by atoms with Gasteiger partial charge in [0.15, 0.2) is 11.6 Å². The quantitative estimate of drug-likeness (QED) is 0.344. The maximum absolute atomic E-state index is 13.3. The molecule has 1 heterocycles. The van der Waals surface area contributed by atoms with Gasteiger partial charge in [0, 0.05) is 28.7 Å². The summed E-state index contributed by atoms with van der Waals surface area (Å²) in [5.41, 5.74) is 1.34. The first-order chi connectivity index (χ1) is 16.7. The number of ketones is 2. The molecule has 1 aliphatic heterocycles. The fraction of sp³-hybridized carbons (Fsp3) is 0.320. The second-order valence-electron chi connectivity index (χ2n) is 8.77. The number of methoxy groups -OCH3 is 2. The number of allylic oxidation sites excluding steroid dienone is 6. The highest BCUT2D eigenvalue weighted by atomic mass is 79.9. The normalized spacial score (nSPS) is 27.7. The summed E-state index contributed by atoms with van der Waals surface area (Å²) in [6, 6.07) is 4.68. The summed E-state index contributed by atoms with van der Waals surface area (Å²) in [7, 11) is 2.51. The van der Waals surface area contributed by atoms with Crippen molar-refractivity contribution in [1.82, 2.24) is 4.90 Å². The maximum atomic E-state index is 13.3. The summed E-state index contributed by atoms with van der Waals surface area (Å²) < 4.78 is 10.2. The molecule has 0 aromatic heterocycles. The smallest absolute Gasteiger partial charge is 0.423 e. The van der Waals surface area contributed by atoms with Gasteiger partial charge >= 0.3 is 6.09 Å². The number of rotatable bonds is 2. The molecule has 10 heteroatoms. The summed E-state index contributed by atoms with van der Waals surface area (Å²) in [4.78, 5) is 65.4. The first-order valence-electron chi connectivity index (χ1n) is 10.9. The molecule has 0 saturated carbocycles. The number of amides is 3. The number of carbonyl (C=O) groups is 5. The third kappa shape index (κ3) is 3.23. The highest BCUT2D eigenvalue weighted by molar-refractivity contribution is 9.12. The van der Waals surface area contributed by atoms with Crippen molar-refractivity contribution in [2.45, 2.75) is 18.8 Å². The monoisotopic (exact) mass is 541 g/mol. The van der Waals surface area contributed by atoms with Gasteiger partial charge in [-0.25, -0.2) is 4.79 Å². The highest BCUT2D eigenvalue weighted by Gasteiger charge is 2.58. The Kier molecular flexibility index (Phi) is 5.51. The van der Waals surface area contributed by atoms with E-state index in [0.29, 0.717) is 21.8 Å². The average Bonchev–Trinajstić information content (AvgIpc) is 3.10. The molecule has 0 unspecified atom stereocenters. The van der Waals surface area contributed by atoms with E-state index >= 15 is 0 Å². The lowest BCUT2D eigenvalue weighted by atomic mass is 9.59. The minimum atomic E-state index is -1.06. The lowest BCUT2D eigenvalue weighted by Crippen LogP contribution is -2.40. The molecule has 0 spiro atoms. The SMILES string of the molecule is COC(=O)N1C(=O)[C@H]2[C@H](CC=C3[C@H](c4c(O)cccc4OC)C4=C(C[C@H]32)C(=O)C(Br)=CC4=O)C1=O. The molecule has 180 valence electrons. The van der Waals surface area contributed by atoms with Crippen molar-refractivity contribution in [3.63, 3.8) is 0 Å². The number of hydrogen-bond donors (Lipinski definition) is 1. The van der Waals surface area contributed by atoms with E-state index in [1.54, 1.807) is 18.2 Å². The van der Waals surface area contributed by atoms with Crippen molar-refractivity contribution in [3.05, 3.63) is 57.1 Å². The Morgan fingerprint density at radius 2 is 1.86 bits per heavy atom. The van der Waals surface area contributed by atoms with Gasteiger partial charge in [-0.15, -0.1) is 0 Å². The Balaban J connectivity index is 1.73. The molecule has 1 saturated heterocycles. The minimum absolute atomic E-state index is 0.0380. The Labute approximate surface area is 208 Å². The van der Waals surface area contributed by atoms with Gasteiger partial charge in [-0.05, 0) is 46.8 Å². The number of carbonyl (C=O) groups excluding carboxylic acids is 5. The van der Waals surface area contributed by atoms with Crippen molar-refractivity contribution >= 4 is 45.4 Å². The molecular weight excluding hydrogens is 522 g/mol. The first kappa shape index (κ1) is 23.2. The van der Waals surface area contributed by atoms with Crippen LogP contribution in [0.5, 0.6) is 11.5 Å². The molecule has 3 amide bonds. The number of hydrogen-bond acceptors (Lipinski definition) is 8. The molecule has 0 radical (unpaired) electrons. The second-order valence-corrected chi connectivity index (χ2v) is 9.62.